The fraction of sp³-hybridized carbons (Fsp3) is 0.174. The van der Waals surface area contributed by atoms with Crippen LogP contribution in [0.4, 0.5) is 15.8 Å². The van der Waals surface area contributed by atoms with Gasteiger partial charge in [0.15, 0.2) is 0 Å². The van der Waals surface area contributed by atoms with E-state index < -0.39 is 17.6 Å². The highest BCUT2D eigenvalue weighted by Crippen LogP contribution is 2.40. The SMILES string of the molecule is COc1ccc2c(c1)C(C(=O)C(=O)Nc1c(Cl)cncc1Cl)CN2Cc1ccc(F)cc1. The minimum absolute atomic E-state index is 0.130. The monoisotopic (exact) mass is 473 g/mol. The molecule has 9 heteroatoms. The molecule has 0 saturated carbocycles. The number of benzene rings is 2. The third-order valence-electron chi connectivity index (χ3n) is 5.27. The number of fused-ring (bicyclic) bond motifs is 1. The van der Waals surface area contributed by atoms with E-state index in [-0.39, 0.29) is 28.1 Å². The minimum Gasteiger partial charge on any atom is -0.497 e. The fourth-order valence-electron chi connectivity index (χ4n) is 3.69. The van der Waals surface area contributed by atoms with Gasteiger partial charge in [-0.3, -0.25) is 14.6 Å². The number of aromatic nitrogens is 1. The van der Waals surface area contributed by atoms with Gasteiger partial charge in [0.2, 0.25) is 5.78 Å². The summed E-state index contributed by atoms with van der Waals surface area (Å²) in [6, 6.07) is 11.5. The van der Waals surface area contributed by atoms with Crippen LogP contribution in [0.15, 0.2) is 54.9 Å². The Kier molecular flexibility index (Phi) is 6.30. The molecule has 1 aliphatic rings. The summed E-state index contributed by atoms with van der Waals surface area (Å²) in [5.41, 5.74) is 2.49. The van der Waals surface area contributed by atoms with Gasteiger partial charge in [0.05, 0.1) is 28.8 Å². The molecule has 1 amide bonds. The Morgan fingerprint density at radius 3 is 2.50 bits per heavy atom. The summed E-state index contributed by atoms with van der Waals surface area (Å²) in [6.45, 7) is 0.733. The second-order valence-corrected chi connectivity index (χ2v) is 8.10. The predicted octanol–water partition coefficient (Wildman–Crippen LogP) is 4.85. The summed E-state index contributed by atoms with van der Waals surface area (Å²) in [6.07, 6.45) is 2.65. The molecule has 3 aromatic rings. The lowest BCUT2D eigenvalue weighted by Gasteiger charge is -2.20. The number of Topliss-reactive ketones (excluding diaryl/α,β-unsaturated/α-hetero) is 1. The molecule has 1 aliphatic heterocycles. The summed E-state index contributed by atoms with van der Waals surface area (Å²) in [7, 11) is 1.53. The first-order chi connectivity index (χ1) is 15.4. The first-order valence-corrected chi connectivity index (χ1v) is 10.4. The van der Waals surface area contributed by atoms with Gasteiger partial charge in [-0.1, -0.05) is 35.3 Å². The normalized spacial score (nSPS) is 14.8. The van der Waals surface area contributed by atoms with Crippen molar-refractivity contribution in [2.24, 2.45) is 0 Å². The zero-order valence-electron chi connectivity index (χ0n) is 16.9. The topological polar surface area (TPSA) is 71.5 Å². The van der Waals surface area contributed by atoms with Crippen molar-refractivity contribution in [1.82, 2.24) is 4.98 Å². The number of amides is 1. The first kappa shape index (κ1) is 22.0. The highest BCUT2D eigenvalue weighted by Gasteiger charge is 2.37. The number of anilines is 2. The lowest BCUT2D eigenvalue weighted by molar-refractivity contribution is -0.135. The largest absolute Gasteiger partial charge is 0.497 e. The Hall–Kier alpha value is -3.16. The lowest BCUT2D eigenvalue weighted by atomic mass is 9.96. The van der Waals surface area contributed by atoms with Gasteiger partial charge in [-0.15, -0.1) is 0 Å². The smallest absolute Gasteiger partial charge is 0.292 e. The summed E-state index contributed by atoms with van der Waals surface area (Å²) in [5.74, 6) is -1.93. The lowest BCUT2D eigenvalue weighted by Crippen LogP contribution is -2.31. The van der Waals surface area contributed by atoms with E-state index in [9.17, 15) is 14.0 Å². The number of methoxy groups -OCH3 is 1. The van der Waals surface area contributed by atoms with Crippen molar-refractivity contribution in [2.45, 2.75) is 12.5 Å². The van der Waals surface area contributed by atoms with Crippen molar-refractivity contribution in [3.05, 3.63) is 81.8 Å². The number of pyridine rings is 1. The summed E-state index contributed by atoms with van der Waals surface area (Å²) < 4.78 is 18.6. The number of rotatable bonds is 6. The van der Waals surface area contributed by atoms with Gasteiger partial charge >= 0.3 is 0 Å². The number of carbonyl (C=O) groups is 2. The Balaban J connectivity index is 1.61. The first-order valence-electron chi connectivity index (χ1n) is 9.69. The quantitative estimate of drug-likeness (QED) is 0.518. The molecule has 0 bridgehead atoms. The summed E-state index contributed by atoms with van der Waals surface area (Å²) >= 11 is 12.1. The second kappa shape index (κ2) is 9.14. The number of carbonyl (C=O) groups excluding carboxylic acids is 2. The number of hydrogen-bond donors (Lipinski definition) is 1. The third-order valence-corrected chi connectivity index (χ3v) is 5.85. The number of nitrogens with one attached hydrogen (secondary N) is 1. The molecule has 1 unspecified atom stereocenters. The molecule has 6 nitrogen and oxygen atoms in total. The number of halogens is 3. The van der Waals surface area contributed by atoms with E-state index >= 15 is 0 Å². The Bertz CT molecular complexity index is 1170. The van der Waals surface area contributed by atoms with Crippen LogP contribution in [-0.4, -0.2) is 30.3 Å². The molecular weight excluding hydrogens is 456 g/mol. The fourth-order valence-corrected chi connectivity index (χ4v) is 4.15. The molecule has 2 heterocycles. The maximum Gasteiger partial charge on any atom is 0.292 e. The highest BCUT2D eigenvalue weighted by molar-refractivity contribution is 6.46. The minimum atomic E-state index is -0.831. The molecule has 0 saturated heterocycles. The van der Waals surface area contributed by atoms with E-state index in [0.717, 1.165) is 11.3 Å². The average molecular weight is 474 g/mol. The second-order valence-electron chi connectivity index (χ2n) is 7.28. The Morgan fingerprint density at radius 2 is 1.84 bits per heavy atom. The Labute approximate surface area is 193 Å². The molecule has 0 radical (unpaired) electrons. The van der Waals surface area contributed by atoms with E-state index in [2.05, 4.69) is 10.3 Å². The average Bonchev–Trinajstić information content (AvgIpc) is 3.14. The molecule has 2 aromatic carbocycles. The third kappa shape index (κ3) is 4.40. The molecular formula is C23H18Cl2FN3O3. The van der Waals surface area contributed by atoms with Crippen LogP contribution in [0.25, 0.3) is 0 Å². The van der Waals surface area contributed by atoms with Gasteiger partial charge in [-0.25, -0.2) is 4.39 Å². The van der Waals surface area contributed by atoms with Crippen LogP contribution < -0.4 is 15.0 Å². The maximum atomic E-state index is 13.3. The molecule has 1 N–H and O–H groups in total. The number of hydrogen-bond acceptors (Lipinski definition) is 5. The van der Waals surface area contributed by atoms with Gasteiger partial charge in [0, 0.05) is 31.2 Å². The van der Waals surface area contributed by atoms with Crippen LogP contribution in [0.1, 0.15) is 17.0 Å². The molecule has 0 fully saturated rings. The van der Waals surface area contributed by atoms with E-state index in [1.54, 1.807) is 24.3 Å². The maximum absolute atomic E-state index is 13.3. The van der Waals surface area contributed by atoms with Crippen LogP contribution in [0.2, 0.25) is 10.0 Å². The van der Waals surface area contributed by atoms with Gasteiger partial charge in [0.25, 0.3) is 5.91 Å². The van der Waals surface area contributed by atoms with Crippen LogP contribution in [0.5, 0.6) is 5.75 Å². The molecule has 0 aliphatic carbocycles. The van der Waals surface area contributed by atoms with Crippen molar-refractivity contribution in [3.8, 4) is 5.75 Å². The van der Waals surface area contributed by atoms with Gasteiger partial charge in [-0.05, 0) is 41.5 Å². The van der Waals surface area contributed by atoms with Crippen LogP contribution in [0, 0.1) is 5.82 Å². The van der Waals surface area contributed by atoms with Crippen molar-refractivity contribution in [2.75, 3.05) is 23.9 Å². The van der Waals surface area contributed by atoms with E-state index in [0.29, 0.717) is 17.9 Å². The van der Waals surface area contributed by atoms with Crippen LogP contribution in [-0.2, 0) is 16.1 Å². The molecule has 4 rings (SSSR count). The van der Waals surface area contributed by atoms with E-state index in [1.165, 1.54) is 31.6 Å². The molecule has 32 heavy (non-hydrogen) atoms. The highest BCUT2D eigenvalue weighted by atomic mass is 35.5. The van der Waals surface area contributed by atoms with E-state index in [1.807, 2.05) is 11.0 Å². The summed E-state index contributed by atoms with van der Waals surface area (Å²) in [5, 5.41) is 2.76. The van der Waals surface area contributed by atoms with Crippen molar-refractivity contribution in [3.63, 3.8) is 0 Å². The number of nitrogens with zero attached hydrogens (tertiary/aromatic N) is 2. The van der Waals surface area contributed by atoms with Crippen LogP contribution in [0.3, 0.4) is 0 Å². The van der Waals surface area contributed by atoms with Crippen molar-refractivity contribution in [1.29, 1.82) is 0 Å². The number of ether oxygens (including phenoxy) is 1. The van der Waals surface area contributed by atoms with Gasteiger partial charge in [0.1, 0.15) is 11.6 Å². The zero-order chi connectivity index (χ0) is 22.8. The summed E-state index contributed by atoms with van der Waals surface area (Å²) in [4.78, 5) is 31.7. The standard InChI is InChI=1S/C23H18Cl2FN3O3/c1-32-15-6-7-20-16(8-15)17(12-29(20)11-13-2-4-14(26)5-3-13)22(30)23(31)28-21-18(24)9-27-10-19(21)25/h2-10,17H,11-12H2,1H3,(H,27,28,31). The molecule has 164 valence electrons. The van der Waals surface area contributed by atoms with Crippen molar-refractivity contribution < 1.29 is 18.7 Å². The number of ketones is 1. The van der Waals surface area contributed by atoms with E-state index in [4.69, 9.17) is 27.9 Å². The molecule has 1 aromatic heterocycles. The predicted molar refractivity (Wildman–Crippen MR) is 121 cm³/mol. The molecule has 0 spiro atoms. The Morgan fingerprint density at radius 1 is 1.16 bits per heavy atom. The van der Waals surface area contributed by atoms with Gasteiger partial charge < -0.3 is 15.0 Å². The zero-order valence-corrected chi connectivity index (χ0v) is 18.5. The van der Waals surface area contributed by atoms with Gasteiger partial charge in [-0.2, -0.15) is 0 Å². The molecule has 1 atom stereocenters. The van der Waals surface area contributed by atoms with Crippen LogP contribution >= 0.6 is 23.2 Å². The van der Waals surface area contributed by atoms with Crippen molar-refractivity contribution >= 4 is 46.3 Å².